The number of amides is 2. The van der Waals surface area contributed by atoms with Crippen LogP contribution in [0.4, 0.5) is 10.6 Å². The van der Waals surface area contributed by atoms with Crippen LogP contribution in [0.15, 0.2) is 6.07 Å². The summed E-state index contributed by atoms with van der Waals surface area (Å²) in [4.78, 5) is 24.5. The van der Waals surface area contributed by atoms with Crippen LogP contribution in [-0.4, -0.2) is 69.4 Å². The number of nitrogens with zero attached hydrogens (tertiary/aromatic N) is 4. The van der Waals surface area contributed by atoms with E-state index in [1.807, 2.05) is 0 Å². The maximum absolute atomic E-state index is 12.3. The first kappa shape index (κ1) is 18.6. The van der Waals surface area contributed by atoms with Crippen LogP contribution in [0.5, 0.6) is 0 Å². The summed E-state index contributed by atoms with van der Waals surface area (Å²) in [6.45, 7) is 4.81. The van der Waals surface area contributed by atoms with Crippen LogP contribution in [0.2, 0.25) is 0 Å². The van der Waals surface area contributed by atoms with Crippen molar-refractivity contribution in [3.8, 4) is 0 Å². The highest BCUT2D eigenvalue weighted by molar-refractivity contribution is 7.89. The number of sulfonamides is 1. The quantitative estimate of drug-likeness (QED) is 0.772. The number of likely N-dealkylation sites (tertiary alicyclic amines) is 1. The molecule has 3 rings (SSSR count). The van der Waals surface area contributed by atoms with E-state index in [-0.39, 0.29) is 19.0 Å². The third-order valence-electron chi connectivity index (χ3n) is 4.80. The number of fused-ring (bicyclic) bond motifs is 1. The number of aromatic nitrogens is 2. The molecule has 2 N–H and O–H groups in total. The van der Waals surface area contributed by atoms with Crippen molar-refractivity contribution in [3.63, 3.8) is 0 Å². The molecule has 0 aliphatic carbocycles. The molecule has 1 aromatic heterocycles. The number of carboxylic acid groups (broad SMARTS) is 1. The highest BCUT2D eigenvalue weighted by Gasteiger charge is 2.33. The highest BCUT2D eigenvalue weighted by atomic mass is 32.2. The molecule has 144 valence electrons. The van der Waals surface area contributed by atoms with Gasteiger partial charge in [-0.15, -0.1) is 0 Å². The fourth-order valence-electron chi connectivity index (χ4n) is 3.20. The second-order valence-corrected chi connectivity index (χ2v) is 9.36. The summed E-state index contributed by atoms with van der Waals surface area (Å²) in [6.07, 6.45) is -0.546. The predicted molar refractivity (Wildman–Crippen MR) is 93.0 cm³/mol. The summed E-state index contributed by atoms with van der Waals surface area (Å²) in [6, 6.07) is 1.67. The topological polar surface area (TPSA) is 125 Å². The zero-order chi connectivity index (χ0) is 19.1. The summed E-state index contributed by atoms with van der Waals surface area (Å²) in [5, 5.41) is 15.5. The second-order valence-electron chi connectivity index (χ2n) is 6.87. The fourth-order valence-corrected chi connectivity index (χ4v) is 4.44. The Morgan fingerprint density at radius 2 is 2.04 bits per heavy atom. The van der Waals surface area contributed by atoms with E-state index in [1.165, 1.54) is 9.21 Å². The van der Waals surface area contributed by atoms with E-state index >= 15 is 0 Å². The van der Waals surface area contributed by atoms with Crippen molar-refractivity contribution in [2.45, 2.75) is 38.6 Å². The molecule has 1 saturated heterocycles. The van der Waals surface area contributed by atoms with Crippen LogP contribution < -0.4 is 5.32 Å². The molecular weight excluding hydrogens is 362 g/mol. The van der Waals surface area contributed by atoms with Gasteiger partial charge in [0.1, 0.15) is 0 Å². The van der Waals surface area contributed by atoms with Gasteiger partial charge in [0.25, 0.3) is 0 Å². The second kappa shape index (κ2) is 6.88. The molecule has 2 amide bonds. The van der Waals surface area contributed by atoms with Gasteiger partial charge in [0.2, 0.25) is 15.9 Å². The smallest absolute Gasteiger partial charge is 0.407 e. The number of carbonyl (C=O) groups is 2. The van der Waals surface area contributed by atoms with Gasteiger partial charge >= 0.3 is 6.09 Å². The van der Waals surface area contributed by atoms with Crippen molar-refractivity contribution in [1.29, 1.82) is 0 Å². The van der Waals surface area contributed by atoms with Crippen LogP contribution in [0.25, 0.3) is 0 Å². The molecule has 0 saturated carbocycles. The van der Waals surface area contributed by atoms with Gasteiger partial charge in [-0.05, 0) is 20.3 Å². The van der Waals surface area contributed by atoms with E-state index < -0.39 is 27.3 Å². The Morgan fingerprint density at radius 3 is 2.65 bits per heavy atom. The van der Waals surface area contributed by atoms with E-state index in [2.05, 4.69) is 10.4 Å². The highest BCUT2D eigenvalue weighted by Crippen LogP contribution is 2.22. The van der Waals surface area contributed by atoms with Crippen LogP contribution in [0, 0.1) is 5.92 Å². The normalized spacial score (nSPS) is 21.0. The number of anilines is 1. The molecule has 2 aliphatic heterocycles. The number of hydrogen-bond acceptors (Lipinski definition) is 5. The zero-order valence-corrected chi connectivity index (χ0v) is 15.6. The molecule has 3 heterocycles. The van der Waals surface area contributed by atoms with Crippen molar-refractivity contribution in [2.75, 3.05) is 25.0 Å². The van der Waals surface area contributed by atoms with E-state index in [0.717, 1.165) is 0 Å². The molecule has 0 spiro atoms. The minimum absolute atomic E-state index is 0.176. The molecule has 0 aromatic carbocycles. The monoisotopic (exact) mass is 385 g/mol. The molecule has 0 radical (unpaired) electrons. The Morgan fingerprint density at radius 1 is 1.31 bits per heavy atom. The zero-order valence-electron chi connectivity index (χ0n) is 14.8. The molecule has 1 atom stereocenters. The Kier molecular flexibility index (Phi) is 4.93. The van der Waals surface area contributed by atoms with Crippen LogP contribution >= 0.6 is 0 Å². The molecule has 1 fully saturated rings. The van der Waals surface area contributed by atoms with Gasteiger partial charge in [-0.25, -0.2) is 13.2 Å². The van der Waals surface area contributed by atoms with Crippen molar-refractivity contribution in [2.24, 2.45) is 5.92 Å². The lowest BCUT2D eigenvalue weighted by atomic mass is 10.1. The third kappa shape index (κ3) is 3.54. The van der Waals surface area contributed by atoms with Crippen molar-refractivity contribution >= 4 is 27.8 Å². The summed E-state index contributed by atoms with van der Waals surface area (Å²) in [5.74, 6) is -0.305. The van der Waals surface area contributed by atoms with Gasteiger partial charge in [0, 0.05) is 25.7 Å². The minimum Gasteiger partial charge on any atom is -0.465 e. The number of carbonyl (C=O) groups excluding carboxylic acids is 1. The first-order valence-electron chi connectivity index (χ1n) is 8.53. The Hall–Kier alpha value is -2.14. The molecule has 26 heavy (non-hydrogen) atoms. The average molecular weight is 385 g/mol. The van der Waals surface area contributed by atoms with E-state index in [4.69, 9.17) is 5.11 Å². The van der Waals surface area contributed by atoms with Crippen molar-refractivity contribution < 1.29 is 23.1 Å². The summed E-state index contributed by atoms with van der Waals surface area (Å²) >= 11 is 0. The number of hydrogen-bond donors (Lipinski definition) is 2. The predicted octanol–water partition coefficient (Wildman–Crippen LogP) is 0.375. The molecule has 1 aromatic rings. The van der Waals surface area contributed by atoms with Gasteiger partial charge in [-0.3, -0.25) is 9.48 Å². The van der Waals surface area contributed by atoms with Gasteiger partial charge in [0.05, 0.1) is 30.0 Å². The fraction of sp³-hybridized carbons (Fsp3) is 0.667. The van der Waals surface area contributed by atoms with E-state index in [9.17, 15) is 18.0 Å². The maximum Gasteiger partial charge on any atom is 0.407 e. The SMILES string of the molecule is CC(C)S(=O)(=O)N1CCn2nc(NC(=O)C3CCN(C(=O)O)C3)cc2C1. The lowest BCUT2D eigenvalue weighted by molar-refractivity contribution is -0.119. The Labute approximate surface area is 151 Å². The molecule has 0 bridgehead atoms. The summed E-state index contributed by atoms with van der Waals surface area (Å²) in [5.41, 5.74) is 0.717. The van der Waals surface area contributed by atoms with Gasteiger partial charge in [-0.1, -0.05) is 0 Å². The maximum atomic E-state index is 12.3. The van der Waals surface area contributed by atoms with Crippen LogP contribution in [0.1, 0.15) is 26.0 Å². The third-order valence-corrected chi connectivity index (χ3v) is 7.02. The molecular formula is C15H23N5O5S. The average Bonchev–Trinajstić information content (AvgIpc) is 3.20. The Balaban J connectivity index is 1.65. The van der Waals surface area contributed by atoms with E-state index in [1.54, 1.807) is 24.6 Å². The number of nitrogens with one attached hydrogen (secondary N) is 1. The van der Waals surface area contributed by atoms with Gasteiger partial charge < -0.3 is 15.3 Å². The van der Waals surface area contributed by atoms with Gasteiger partial charge in [0.15, 0.2) is 5.82 Å². The lowest BCUT2D eigenvalue weighted by Crippen LogP contribution is -2.41. The van der Waals surface area contributed by atoms with Crippen LogP contribution in [0.3, 0.4) is 0 Å². The standard InChI is InChI=1S/C15H23N5O5S/c1-10(2)26(24,25)19-5-6-20-12(9-19)7-13(17-20)16-14(21)11-3-4-18(8-11)15(22)23/h7,10-11H,3-6,8-9H2,1-2H3,(H,22,23)(H,16,17,21). The first-order chi connectivity index (χ1) is 12.2. The molecule has 2 aliphatic rings. The largest absolute Gasteiger partial charge is 0.465 e. The summed E-state index contributed by atoms with van der Waals surface area (Å²) in [7, 11) is -3.34. The molecule has 11 heteroatoms. The first-order valence-corrected chi connectivity index (χ1v) is 10.0. The van der Waals surface area contributed by atoms with E-state index in [0.29, 0.717) is 37.6 Å². The summed E-state index contributed by atoms with van der Waals surface area (Å²) < 4.78 is 27.8. The molecule has 10 nitrogen and oxygen atoms in total. The van der Waals surface area contributed by atoms with Gasteiger partial charge in [-0.2, -0.15) is 9.40 Å². The van der Waals surface area contributed by atoms with Crippen LogP contribution in [-0.2, 0) is 27.9 Å². The lowest BCUT2D eigenvalue weighted by Gasteiger charge is -2.28. The Bertz CT molecular complexity index is 818. The van der Waals surface area contributed by atoms with Crippen molar-refractivity contribution in [1.82, 2.24) is 19.0 Å². The van der Waals surface area contributed by atoms with Crippen molar-refractivity contribution in [3.05, 3.63) is 11.8 Å². The number of rotatable bonds is 4. The molecule has 1 unspecified atom stereocenters. The minimum atomic E-state index is -3.34.